The van der Waals surface area contributed by atoms with Gasteiger partial charge in [0.05, 0.1) is 22.7 Å². The van der Waals surface area contributed by atoms with E-state index in [1.807, 2.05) is 30.3 Å². The number of benzene rings is 3. The fourth-order valence-corrected chi connectivity index (χ4v) is 3.42. The molecular formula is C23H19BrN8O4. The Balaban J connectivity index is 1.60. The Labute approximate surface area is 213 Å². The summed E-state index contributed by atoms with van der Waals surface area (Å²) in [6, 6.07) is 18.9. The summed E-state index contributed by atoms with van der Waals surface area (Å²) in [5, 5.41) is 31.5. The van der Waals surface area contributed by atoms with Crippen LogP contribution in [0.3, 0.4) is 0 Å². The maximum Gasteiger partial charge on any atom is 0.271 e. The lowest BCUT2D eigenvalue weighted by Crippen LogP contribution is -2.07. The van der Waals surface area contributed by atoms with E-state index in [9.17, 15) is 15.2 Å². The molecule has 0 amide bonds. The Morgan fingerprint density at radius 3 is 2.19 bits per heavy atom. The quantitative estimate of drug-likeness (QED) is 0.124. The van der Waals surface area contributed by atoms with Crippen LogP contribution in [0.4, 0.5) is 34.9 Å². The molecule has 3 aromatic carbocycles. The molecule has 12 nitrogen and oxygen atoms in total. The molecule has 0 bridgehead atoms. The van der Waals surface area contributed by atoms with Gasteiger partial charge in [-0.1, -0.05) is 18.2 Å². The van der Waals surface area contributed by atoms with Gasteiger partial charge in [0.25, 0.3) is 5.69 Å². The summed E-state index contributed by atoms with van der Waals surface area (Å²) in [6.45, 7) is 0. The summed E-state index contributed by atoms with van der Waals surface area (Å²) in [5.41, 5.74) is 4.07. The van der Waals surface area contributed by atoms with E-state index in [2.05, 4.69) is 52.0 Å². The van der Waals surface area contributed by atoms with Gasteiger partial charge in [0, 0.05) is 29.1 Å². The van der Waals surface area contributed by atoms with Crippen LogP contribution in [0.1, 0.15) is 5.56 Å². The number of anilines is 5. The number of nitrogens with one attached hydrogen (secondary N) is 3. The zero-order valence-electron chi connectivity index (χ0n) is 18.7. The molecule has 4 aromatic rings. The molecule has 0 radical (unpaired) electrons. The van der Waals surface area contributed by atoms with Crippen molar-refractivity contribution in [3.05, 3.63) is 86.9 Å². The molecule has 0 saturated carbocycles. The average molecular weight is 551 g/mol. The fraction of sp³-hybridized carbons (Fsp3) is 0.0435. The number of halogens is 1. The van der Waals surface area contributed by atoms with Gasteiger partial charge in [0.1, 0.15) is 11.5 Å². The smallest absolute Gasteiger partial charge is 0.271 e. The van der Waals surface area contributed by atoms with Gasteiger partial charge in [-0.05, 0) is 52.3 Å². The molecule has 1 heterocycles. The van der Waals surface area contributed by atoms with Crippen LogP contribution < -0.4 is 20.8 Å². The van der Waals surface area contributed by atoms with Crippen molar-refractivity contribution in [1.82, 2.24) is 15.0 Å². The second kappa shape index (κ2) is 11.1. The molecule has 0 fully saturated rings. The van der Waals surface area contributed by atoms with Crippen molar-refractivity contribution in [2.45, 2.75) is 0 Å². The highest BCUT2D eigenvalue weighted by Gasteiger charge is 2.14. The first-order valence-electron chi connectivity index (χ1n) is 10.4. The number of nitro groups is 1. The van der Waals surface area contributed by atoms with Crippen LogP contribution in [0.2, 0.25) is 0 Å². The van der Waals surface area contributed by atoms with Crippen molar-refractivity contribution in [2.24, 2.45) is 5.10 Å². The van der Waals surface area contributed by atoms with Gasteiger partial charge >= 0.3 is 0 Å². The third-order valence-corrected chi connectivity index (χ3v) is 5.27. The summed E-state index contributed by atoms with van der Waals surface area (Å²) in [4.78, 5) is 23.6. The van der Waals surface area contributed by atoms with E-state index in [-0.39, 0.29) is 39.3 Å². The molecule has 4 rings (SSSR count). The van der Waals surface area contributed by atoms with Gasteiger partial charge in [-0.2, -0.15) is 20.1 Å². The number of hydrogen-bond acceptors (Lipinski definition) is 11. The van der Waals surface area contributed by atoms with E-state index in [0.29, 0.717) is 11.4 Å². The van der Waals surface area contributed by atoms with Crippen LogP contribution in [-0.2, 0) is 0 Å². The number of nitrogens with zero attached hydrogens (tertiary/aromatic N) is 5. The van der Waals surface area contributed by atoms with Crippen molar-refractivity contribution in [1.29, 1.82) is 0 Å². The van der Waals surface area contributed by atoms with Gasteiger partial charge in [0.2, 0.25) is 17.8 Å². The molecular weight excluding hydrogens is 532 g/mol. The van der Waals surface area contributed by atoms with E-state index in [0.717, 1.165) is 5.69 Å². The molecule has 0 atom stereocenters. The maximum absolute atomic E-state index is 11.1. The van der Waals surface area contributed by atoms with E-state index in [1.54, 1.807) is 31.4 Å². The summed E-state index contributed by atoms with van der Waals surface area (Å²) < 4.78 is 5.34. The normalized spacial score (nSPS) is 10.7. The van der Waals surface area contributed by atoms with Crippen molar-refractivity contribution >= 4 is 57.1 Å². The molecule has 0 spiro atoms. The molecule has 0 aliphatic rings. The highest BCUT2D eigenvalue weighted by molar-refractivity contribution is 9.10. The van der Waals surface area contributed by atoms with Gasteiger partial charge in [-0.15, -0.1) is 0 Å². The Bertz CT molecular complexity index is 1400. The van der Waals surface area contributed by atoms with E-state index in [4.69, 9.17) is 4.74 Å². The second-order valence-corrected chi connectivity index (χ2v) is 8.00. The van der Waals surface area contributed by atoms with Gasteiger partial charge in [-0.3, -0.25) is 10.1 Å². The maximum atomic E-state index is 11.1. The number of nitro benzene ring substituents is 1. The zero-order valence-corrected chi connectivity index (χ0v) is 20.3. The van der Waals surface area contributed by atoms with Crippen LogP contribution in [0, 0.1) is 10.1 Å². The predicted molar refractivity (Wildman–Crippen MR) is 140 cm³/mol. The number of methoxy groups -OCH3 is 1. The summed E-state index contributed by atoms with van der Waals surface area (Å²) in [7, 11) is 1.58. The predicted octanol–water partition coefficient (Wildman–Crippen LogP) is 5.19. The summed E-state index contributed by atoms with van der Waals surface area (Å²) >= 11 is 3.10. The first-order valence-corrected chi connectivity index (χ1v) is 11.2. The molecule has 0 saturated heterocycles. The molecule has 0 unspecified atom stereocenters. The molecule has 36 heavy (non-hydrogen) atoms. The van der Waals surface area contributed by atoms with Crippen LogP contribution >= 0.6 is 15.9 Å². The molecule has 13 heteroatoms. The molecule has 0 aliphatic heterocycles. The highest BCUT2D eigenvalue weighted by Crippen LogP contribution is 2.31. The van der Waals surface area contributed by atoms with Crippen molar-refractivity contribution in [2.75, 3.05) is 23.2 Å². The number of ether oxygens (including phenoxy) is 1. The lowest BCUT2D eigenvalue weighted by atomic mass is 10.2. The van der Waals surface area contributed by atoms with Gasteiger partial charge in [-0.25, -0.2) is 5.43 Å². The zero-order chi connectivity index (χ0) is 25.5. The lowest BCUT2D eigenvalue weighted by molar-refractivity contribution is -0.385. The minimum atomic E-state index is -0.570. The number of non-ortho nitro benzene ring substituents is 1. The van der Waals surface area contributed by atoms with E-state index < -0.39 is 4.92 Å². The van der Waals surface area contributed by atoms with Crippen LogP contribution in [0.25, 0.3) is 0 Å². The fourth-order valence-electron chi connectivity index (χ4n) is 2.96. The second-order valence-electron chi connectivity index (χ2n) is 7.14. The van der Waals surface area contributed by atoms with Crippen molar-refractivity contribution in [3.63, 3.8) is 0 Å². The van der Waals surface area contributed by atoms with E-state index >= 15 is 0 Å². The number of phenolic OH excluding ortho intramolecular Hbond substituents is 1. The number of hydrogen-bond donors (Lipinski definition) is 4. The van der Waals surface area contributed by atoms with Crippen LogP contribution in [0.5, 0.6) is 11.5 Å². The third-order valence-electron chi connectivity index (χ3n) is 4.67. The largest absolute Gasteiger partial charge is 0.506 e. The van der Waals surface area contributed by atoms with Crippen LogP contribution in [-0.4, -0.2) is 38.3 Å². The highest BCUT2D eigenvalue weighted by atomic mass is 79.9. The van der Waals surface area contributed by atoms with Crippen molar-refractivity contribution < 1.29 is 14.8 Å². The van der Waals surface area contributed by atoms with Gasteiger partial charge in [0.15, 0.2) is 0 Å². The first kappa shape index (κ1) is 24.3. The lowest BCUT2D eigenvalue weighted by Gasteiger charge is -2.10. The van der Waals surface area contributed by atoms with Gasteiger partial charge < -0.3 is 20.5 Å². The molecule has 182 valence electrons. The topological polar surface area (TPSA) is 160 Å². The summed E-state index contributed by atoms with van der Waals surface area (Å²) in [6.07, 6.45) is 1.22. The van der Waals surface area contributed by atoms with Crippen molar-refractivity contribution in [3.8, 4) is 11.5 Å². The molecule has 0 aliphatic carbocycles. The Morgan fingerprint density at radius 2 is 1.58 bits per heavy atom. The van der Waals surface area contributed by atoms with Crippen LogP contribution in [0.15, 0.2) is 76.3 Å². The monoisotopic (exact) mass is 550 g/mol. The molecule has 1 aromatic heterocycles. The number of phenols is 1. The summed E-state index contributed by atoms with van der Waals surface area (Å²) in [5.74, 6) is 1.06. The number of hydrazone groups is 1. The average Bonchev–Trinajstić information content (AvgIpc) is 2.87. The van der Waals surface area contributed by atoms with E-state index in [1.165, 1.54) is 18.3 Å². The minimum absolute atomic E-state index is 0.0830. The first-order chi connectivity index (χ1) is 17.4. The Hall–Kier alpha value is -4.78. The minimum Gasteiger partial charge on any atom is -0.506 e. The number of para-hydroxylation sites is 1. The Kier molecular flexibility index (Phi) is 7.51. The SMILES string of the molecule is COc1ccc(Nc2nc(N/N=C/c3cc([N+](=O)[O-])cc(Br)c3O)nc(Nc3ccccc3)n2)cc1. The number of rotatable bonds is 9. The Morgan fingerprint density at radius 1 is 0.972 bits per heavy atom. The number of aromatic nitrogens is 3. The standard InChI is InChI=1S/C23H19BrN8O4/c1-36-18-9-7-16(8-10-18)27-22-28-21(26-15-5-3-2-4-6-15)29-23(30-22)31-25-13-14-11-17(32(34)35)12-19(24)20(14)33/h2-13,33H,1H3,(H3,26,27,28,29,30,31)/b25-13+. The third kappa shape index (κ3) is 6.21. The number of aromatic hydroxyl groups is 1. The molecule has 4 N–H and O–H groups in total.